The van der Waals surface area contributed by atoms with E-state index >= 15 is 0 Å². The van der Waals surface area contributed by atoms with Crippen molar-refractivity contribution in [3.8, 4) is 11.5 Å². The second kappa shape index (κ2) is 12.2. The van der Waals surface area contributed by atoms with Crippen molar-refractivity contribution in [3.05, 3.63) is 83.9 Å². The fraction of sp³-hybridized carbons (Fsp3) is 0.345. The molecule has 1 N–H and O–H groups in total. The number of hydrogen-bond acceptors (Lipinski definition) is 6. The van der Waals surface area contributed by atoms with E-state index in [1.54, 1.807) is 42.5 Å². The highest BCUT2D eigenvalue weighted by Crippen LogP contribution is 2.39. The Balaban J connectivity index is 2.06. The van der Waals surface area contributed by atoms with Crippen molar-refractivity contribution in [1.29, 1.82) is 0 Å². The van der Waals surface area contributed by atoms with E-state index in [9.17, 15) is 18.3 Å². The fourth-order valence-corrected chi connectivity index (χ4v) is 6.15. The Labute approximate surface area is 232 Å². The maximum atomic E-state index is 14.1. The smallest absolute Gasteiger partial charge is 0.337 e. The van der Waals surface area contributed by atoms with E-state index in [0.717, 1.165) is 4.31 Å². The highest BCUT2D eigenvalue weighted by Gasteiger charge is 2.37. The maximum Gasteiger partial charge on any atom is 0.337 e. The molecule has 0 aromatic heterocycles. The normalized spacial score (nSPS) is 12.2. The van der Waals surface area contributed by atoms with Gasteiger partial charge in [-0.05, 0) is 60.1 Å². The molecular weight excluding hydrogens is 534 g/mol. The second-order valence-corrected chi connectivity index (χ2v) is 17.3. The van der Waals surface area contributed by atoms with Crippen LogP contribution in [0.5, 0.6) is 11.5 Å². The van der Waals surface area contributed by atoms with Crippen molar-refractivity contribution in [2.45, 2.75) is 50.3 Å². The molecule has 0 aliphatic heterocycles. The van der Waals surface area contributed by atoms with Crippen LogP contribution in [0.4, 0.5) is 5.69 Å². The van der Waals surface area contributed by atoms with Gasteiger partial charge in [-0.1, -0.05) is 57.2 Å². The number of rotatable bonds is 12. The van der Waals surface area contributed by atoms with E-state index < -0.39 is 24.3 Å². The molecule has 0 saturated heterocycles. The van der Waals surface area contributed by atoms with Gasteiger partial charge in [0.1, 0.15) is 23.8 Å². The zero-order valence-electron chi connectivity index (χ0n) is 23.3. The van der Waals surface area contributed by atoms with Gasteiger partial charge in [-0.3, -0.25) is 4.31 Å². The van der Waals surface area contributed by atoms with E-state index in [0.29, 0.717) is 11.3 Å². The summed E-state index contributed by atoms with van der Waals surface area (Å²) in [6.45, 7) is 11.0. The van der Waals surface area contributed by atoms with Gasteiger partial charge in [0, 0.05) is 0 Å². The van der Waals surface area contributed by atoms with Crippen molar-refractivity contribution in [2.75, 3.05) is 24.6 Å². The molecule has 3 aromatic rings. The summed E-state index contributed by atoms with van der Waals surface area (Å²) in [4.78, 5) is 12.3. The average molecular weight is 572 g/mol. The van der Waals surface area contributed by atoms with E-state index in [4.69, 9.17) is 13.9 Å². The summed E-state index contributed by atoms with van der Waals surface area (Å²) in [5.41, 5.74) is 0.449. The molecule has 0 amide bonds. The number of para-hydroxylation sites is 1. The Bertz CT molecular complexity index is 1370. The monoisotopic (exact) mass is 571 g/mol. The van der Waals surface area contributed by atoms with Crippen LogP contribution in [0.2, 0.25) is 18.1 Å². The SMILES string of the molecule is COc1ccc(S(=O)(=O)N(Cc2ccccc2)c2c(OCCO[Si](C)(C)C(C)(C)C)cccc2C(=O)O)cc1. The van der Waals surface area contributed by atoms with Crippen LogP contribution in [-0.4, -0.2) is 48.1 Å². The van der Waals surface area contributed by atoms with E-state index in [1.165, 1.54) is 31.4 Å². The zero-order chi connectivity index (χ0) is 28.8. The summed E-state index contributed by atoms with van der Waals surface area (Å²) in [7, 11) is -4.76. The average Bonchev–Trinajstić information content (AvgIpc) is 2.89. The molecule has 8 nitrogen and oxygen atoms in total. The molecule has 0 spiro atoms. The summed E-state index contributed by atoms with van der Waals surface area (Å²) in [5.74, 6) is -0.627. The Morgan fingerprint density at radius 1 is 0.923 bits per heavy atom. The Kier molecular flexibility index (Phi) is 9.47. The van der Waals surface area contributed by atoms with Crippen LogP contribution in [0.25, 0.3) is 0 Å². The van der Waals surface area contributed by atoms with Gasteiger partial charge in [0.25, 0.3) is 10.0 Å². The molecule has 10 heteroatoms. The van der Waals surface area contributed by atoms with E-state index in [-0.39, 0.29) is 46.7 Å². The number of carboxylic acids is 1. The number of methoxy groups -OCH3 is 1. The number of aromatic carboxylic acids is 1. The number of nitrogens with zero attached hydrogens (tertiary/aromatic N) is 1. The number of ether oxygens (including phenoxy) is 2. The van der Waals surface area contributed by atoms with Crippen LogP contribution < -0.4 is 13.8 Å². The molecule has 0 saturated carbocycles. The number of sulfonamides is 1. The minimum atomic E-state index is -4.22. The Morgan fingerprint density at radius 2 is 1.56 bits per heavy atom. The van der Waals surface area contributed by atoms with Crippen LogP contribution >= 0.6 is 0 Å². The minimum Gasteiger partial charge on any atom is -0.497 e. The molecule has 3 rings (SSSR count). The van der Waals surface area contributed by atoms with Crippen LogP contribution in [0.3, 0.4) is 0 Å². The van der Waals surface area contributed by atoms with Crippen LogP contribution in [0.1, 0.15) is 36.7 Å². The lowest BCUT2D eigenvalue weighted by atomic mass is 10.1. The van der Waals surface area contributed by atoms with Gasteiger partial charge in [-0.2, -0.15) is 0 Å². The number of hydrogen-bond donors (Lipinski definition) is 1. The third-order valence-electron chi connectivity index (χ3n) is 6.91. The van der Waals surface area contributed by atoms with Crippen molar-refractivity contribution in [2.24, 2.45) is 0 Å². The van der Waals surface area contributed by atoms with Crippen molar-refractivity contribution >= 4 is 30.0 Å². The summed E-state index contributed by atoms with van der Waals surface area (Å²) in [6, 6.07) is 19.4. The van der Waals surface area contributed by atoms with Crippen molar-refractivity contribution in [3.63, 3.8) is 0 Å². The third kappa shape index (κ3) is 7.20. The zero-order valence-corrected chi connectivity index (χ0v) is 25.1. The predicted molar refractivity (Wildman–Crippen MR) is 155 cm³/mol. The molecule has 0 unspecified atom stereocenters. The summed E-state index contributed by atoms with van der Waals surface area (Å²) < 4.78 is 46.6. The Hall–Kier alpha value is -3.34. The maximum absolute atomic E-state index is 14.1. The molecule has 0 heterocycles. The van der Waals surface area contributed by atoms with Gasteiger partial charge in [0.2, 0.25) is 0 Å². The lowest BCUT2D eigenvalue weighted by Crippen LogP contribution is -2.41. The first-order chi connectivity index (χ1) is 18.3. The van der Waals surface area contributed by atoms with Gasteiger partial charge < -0.3 is 19.0 Å². The first kappa shape index (κ1) is 30.2. The molecule has 0 aliphatic carbocycles. The predicted octanol–water partition coefficient (Wildman–Crippen LogP) is 6.19. The molecule has 0 aliphatic rings. The van der Waals surface area contributed by atoms with Crippen molar-refractivity contribution < 1.29 is 32.2 Å². The first-order valence-electron chi connectivity index (χ1n) is 12.6. The molecule has 0 atom stereocenters. The van der Waals surface area contributed by atoms with Gasteiger partial charge in [-0.25, -0.2) is 13.2 Å². The number of carbonyl (C=O) groups is 1. The summed E-state index contributed by atoms with van der Waals surface area (Å²) >= 11 is 0. The molecule has 0 bridgehead atoms. The highest BCUT2D eigenvalue weighted by molar-refractivity contribution is 7.92. The van der Waals surface area contributed by atoms with E-state index in [2.05, 4.69) is 33.9 Å². The molecule has 0 radical (unpaired) electrons. The molecule has 3 aromatic carbocycles. The van der Waals surface area contributed by atoms with Crippen molar-refractivity contribution in [1.82, 2.24) is 0 Å². The van der Waals surface area contributed by atoms with E-state index in [1.807, 2.05) is 6.07 Å². The largest absolute Gasteiger partial charge is 0.497 e. The summed E-state index contributed by atoms with van der Waals surface area (Å²) in [5, 5.41) is 10.1. The fourth-order valence-electron chi connectivity index (χ4n) is 3.64. The minimum absolute atomic E-state index is 0.00775. The van der Waals surface area contributed by atoms with Crippen LogP contribution in [0.15, 0.2) is 77.7 Å². The Morgan fingerprint density at radius 3 is 2.13 bits per heavy atom. The van der Waals surface area contributed by atoms with Crippen LogP contribution in [-0.2, 0) is 21.0 Å². The highest BCUT2D eigenvalue weighted by atomic mass is 32.2. The lowest BCUT2D eigenvalue weighted by Gasteiger charge is -2.36. The van der Waals surface area contributed by atoms with Gasteiger partial charge in [0.15, 0.2) is 8.32 Å². The number of benzene rings is 3. The molecule has 210 valence electrons. The number of anilines is 1. The third-order valence-corrected chi connectivity index (χ3v) is 13.2. The first-order valence-corrected chi connectivity index (χ1v) is 17.0. The van der Waals surface area contributed by atoms with Crippen LogP contribution in [0, 0.1) is 0 Å². The number of carboxylic acid groups (broad SMARTS) is 1. The quantitative estimate of drug-likeness (QED) is 0.204. The van der Waals surface area contributed by atoms with Gasteiger partial charge >= 0.3 is 5.97 Å². The molecule has 0 fully saturated rings. The molecule has 39 heavy (non-hydrogen) atoms. The lowest BCUT2D eigenvalue weighted by molar-refractivity contribution is 0.0697. The van der Waals surface area contributed by atoms with Gasteiger partial charge in [-0.15, -0.1) is 0 Å². The standard InChI is InChI=1S/C29H37NO7SSi/c1-29(2,3)39(5,6)37-20-19-36-26-14-10-13-25(28(31)32)27(26)30(21-22-11-8-7-9-12-22)38(33,34)24-17-15-23(35-4)16-18-24/h7-18H,19-21H2,1-6H3,(H,31,32). The summed E-state index contributed by atoms with van der Waals surface area (Å²) in [6.07, 6.45) is 0. The second-order valence-electron chi connectivity index (χ2n) is 10.6. The molecular formula is C29H37NO7SSi. The topological polar surface area (TPSA) is 102 Å². The van der Waals surface area contributed by atoms with Gasteiger partial charge in [0.05, 0.1) is 30.7 Å².